The largest absolute Gasteiger partial charge is 0.381 e. The van der Waals surface area contributed by atoms with Crippen molar-refractivity contribution in [3.63, 3.8) is 0 Å². The van der Waals surface area contributed by atoms with Gasteiger partial charge in [0.1, 0.15) is 0 Å². The van der Waals surface area contributed by atoms with Crippen LogP contribution in [0.25, 0.3) is 0 Å². The van der Waals surface area contributed by atoms with Gasteiger partial charge in [-0.1, -0.05) is 18.6 Å². The van der Waals surface area contributed by atoms with E-state index < -0.39 is 9.84 Å². The van der Waals surface area contributed by atoms with E-state index in [2.05, 4.69) is 14.7 Å². The first-order valence-corrected chi connectivity index (χ1v) is 14.4. The number of hydrogen-bond acceptors (Lipinski definition) is 6. The molecule has 1 aromatic rings. The number of ether oxygens (including phenoxy) is 1. The number of rotatable bonds is 9. The summed E-state index contributed by atoms with van der Waals surface area (Å²) in [6, 6.07) is 8.02. The number of hydrogen-bond donors (Lipinski definition) is 0. The molecule has 2 atom stereocenters. The van der Waals surface area contributed by atoms with Crippen LogP contribution in [-0.4, -0.2) is 94.4 Å². The van der Waals surface area contributed by atoms with Crippen LogP contribution >= 0.6 is 0 Å². The number of nitrogens with zero attached hydrogens (tertiary/aromatic N) is 3. The van der Waals surface area contributed by atoms with Gasteiger partial charge in [-0.2, -0.15) is 0 Å². The summed E-state index contributed by atoms with van der Waals surface area (Å²) < 4.78 is 29.5. The first-order chi connectivity index (χ1) is 15.5. The van der Waals surface area contributed by atoms with Gasteiger partial charge in [-0.3, -0.25) is 9.80 Å². The third-order valence-electron chi connectivity index (χ3n) is 7.44. The quantitative estimate of drug-likeness (QED) is 0.525. The fraction of sp³-hybridized carbons (Fsp3) is 0.760. The first-order valence-electron chi connectivity index (χ1n) is 12.5. The Bertz CT molecular complexity index is 808. The number of fused-ring (bicyclic) bond motifs is 1. The number of likely N-dealkylation sites (tertiary alicyclic amines) is 1. The second-order valence-corrected chi connectivity index (χ2v) is 12.1. The maximum Gasteiger partial charge on any atom is 0.175 e. The van der Waals surface area contributed by atoms with Crippen LogP contribution in [0.3, 0.4) is 0 Å². The average molecular weight is 464 g/mol. The molecule has 0 aliphatic carbocycles. The van der Waals surface area contributed by atoms with Crippen LogP contribution in [0.5, 0.6) is 0 Å². The van der Waals surface area contributed by atoms with Crippen LogP contribution in [0, 0.1) is 5.92 Å². The van der Waals surface area contributed by atoms with Crippen molar-refractivity contribution in [3.05, 3.63) is 29.8 Å². The summed E-state index contributed by atoms with van der Waals surface area (Å²) in [6.07, 6.45) is 9.05. The topological polar surface area (TPSA) is 53.1 Å². The van der Waals surface area contributed by atoms with Crippen molar-refractivity contribution < 1.29 is 13.2 Å². The molecule has 0 spiro atoms. The van der Waals surface area contributed by atoms with Gasteiger partial charge in [0.15, 0.2) is 9.84 Å². The monoisotopic (exact) mass is 463 g/mol. The van der Waals surface area contributed by atoms with E-state index >= 15 is 0 Å². The molecule has 0 radical (unpaired) electrons. The van der Waals surface area contributed by atoms with Gasteiger partial charge in [-0.25, -0.2) is 8.42 Å². The zero-order valence-corrected chi connectivity index (χ0v) is 20.6. The minimum atomic E-state index is -3.13. The SMILES string of the molecule is CS(=O)(=O)c1ccc(CN2CCN3CCC(COCCCN4CCCCC4)C[C@H]3C2)cc1. The van der Waals surface area contributed by atoms with E-state index in [1.54, 1.807) is 12.1 Å². The van der Waals surface area contributed by atoms with Gasteiger partial charge in [0.2, 0.25) is 0 Å². The second-order valence-electron chi connectivity index (χ2n) is 10.1. The molecule has 4 rings (SSSR count). The molecule has 1 aromatic carbocycles. The minimum absolute atomic E-state index is 0.400. The summed E-state index contributed by atoms with van der Waals surface area (Å²) in [4.78, 5) is 8.18. The fourth-order valence-corrected chi connectivity index (χ4v) is 6.18. The maximum atomic E-state index is 11.7. The molecule has 6 nitrogen and oxygen atoms in total. The normalized spacial score (nSPS) is 26.2. The molecule has 7 heteroatoms. The second kappa shape index (κ2) is 11.4. The number of piperidine rings is 2. The van der Waals surface area contributed by atoms with Crippen molar-refractivity contribution >= 4 is 9.84 Å². The van der Waals surface area contributed by atoms with Crippen LogP contribution in [0.4, 0.5) is 0 Å². The molecule has 3 aliphatic heterocycles. The van der Waals surface area contributed by atoms with Crippen LogP contribution in [-0.2, 0) is 21.1 Å². The Morgan fingerprint density at radius 2 is 1.75 bits per heavy atom. The van der Waals surface area contributed by atoms with Crippen molar-refractivity contribution in [1.82, 2.24) is 14.7 Å². The molecule has 3 aliphatic rings. The fourth-order valence-electron chi connectivity index (χ4n) is 5.54. The van der Waals surface area contributed by atoms with Gasteiger partial charge < -0.3 is 9.64 Å². The van der Waals surface area contributed by atoms with E-state index in [-0.39, 0.29) is 0 Å². The lowest BCUT2D eigenvalue weighted by Crippen LogP contribution is -2.56. The molecular formula is C25H41N3O3S. The zero-order chi connectivity index (χ0) is 22.4. The van der Waals surface area contributed by atoms with E-state index in [9.17, 15) is 8.42 Å². The summed E-state index contributed by atoms with van der Waals surface area (Å²) in [5, 5.41) is 0. The Kier molecular flexibility index (Phi) is 8.62. The summed E-state index contributed by atoms with van der Waals surface area (Å²) in [6.45, 7) is 11.0. The lowest BCUT2D eigenvalue weighted by Gasteiger charge is -2.46. The summed E-state index contributed by atoms with van der Waals surface area (Å²) in [5.41, 5.74) is 1.19. The molecule has 0 amide bonds. The van der Waals surface area contributed by atoms with Gasteiger partial charge in [-0.05, 0) is 75.4 Å². The summed E-state index contributed by atoms with van der Waals surface area (Å²) in [5.74, 6) is 0.681. The van der Waals surface area contributed by atoms with Crippen molar-refractivity contribution in [2.45, 2.75) is 56.0 Å². The number of piperazine rings is 1. The van der Waals surface area contributed by atoms with Gasteiger partial charge in [0.05, 0.1) is 4.90 Å². The van der Waals surface area contributed by atoms with Crippen LogP contribution in [0.1, 0.15) is 44.1 Å². The van der Waals surface area contributed by atoms with Crippen LogP contribution < -0.4 is 0 Å². The highest BCUT2D eigenvalue weighted by atomic mass is 32.2. The lowest BCUT2D eigenvalue weighted by atomic mass is 9.90. The molecule has 0 bridgehead atoms. The molecular weight excluding hydrogens is 422 g/mol. The lowest BCUT2D eigenvalue weighted by molar-refractivity contribution is -0.000118. The smallest absolute Gasteiger partial charge is 0.175 e. The molecule has 1 unspecified atom stereocenters. The third kappa shape index (κ3) is 7.00. The molecule has 0 N–H and O–H groups in total. The van der Waals surface area contributed by atoms with Gasteiger partial charge in [0, 0.05) is 58.2 Å². The van der Waals surface area contributed by atoms with E-state index in [0.29, 0.717) is 16.9 Å². The maximum absolute atomic E-state index is 11.7. The zero-order valence-electron chi connectivity index (χ0n) is 19.8. The average Bonchev–Trinajstić information content (AvgIpc) is 2.79. The molecule has 32 heavy (non-hydrogen) atoms. The summed E-state index contributed by atoms with van der Waals surface area (Å²) in [7, 11) is -3.13. The highest BCUT2D eigenvalue weighted by molar-refractivity contribution is 7.90. The van der Waals surface area contributed by atoms with Crippen molar-refractivity contribution in [1.29, 1.82) is 0 Å². The predicted molar refractivity (Wildman–Crippen MR) is 129 cm³/mol. The number of sulfone groups is 1. The van der Waals surface area contributed by atoms with E-state index in [1.807, 2.05) is 12.1 Å². The highest BCUT2D eigenvalue weighted by Gasteiger charge is 2.33. The Labute approximate surface area is 194 Å². The summed E-state index contributed by atoms with van der Waals surface area (Å²) >= 11 is 0. The third-order valence-corrected chi connectivity index (χ3v) is 8.57. The van der Waals surface area contributed by atoms with Gasteiger partial charge in [0.25, 0.3) is 0 Å². The molecule has 180 valence electrons. The highest BCUT2D eigenvalue weighted by Crippen LogP contribution is 2.27. The van der Waals surface area contributed by atoms with Crippen molar-refractivity contribution in [3.8, 4) is 0 Å². The molecule has 0 aromatic heterocycles. The Morgan fingerprint density at radius 3 is 2.50 bits per heavy atom. The Morgan fingerprint density at radius 1 is 0.969 bits per heavy atom. The van der Waals surface area contributed by atoms with Crippen molar-refractivity contribution in [2.24, 2.45) is 5.92 Å². The molecule has 0 saturated carbocycles. The van der Waals surface area contributed by atoms with Gasteiger partial charge in [-0.15, -0.1) is 0 Å². The van der Waals surface area contributed by atoms with Gasteiger partial charge >= 0.3 is 0 Å². The van der Waals surface area contributed by atoms with Crippen LogP contribution in [0.2, 0.25) is 0 Å². The van der Waals surface area contributed by atoms with E-state index in [0.717, 1.165) is 45.8 Å². The Hall–Kier alpha value is -0.990. The molecule has 3 fully saturated rings. The molecule has 3 saturated heterocycles. The molecule has 3 heterocycles. The predicted octanol–water partition coefficient (Wildman–Crippen LogP) is 2.88. The minimum Gasteiger partial charge on any atom is -0.381 e. The Balaban J connectivity index is 1.17. The number of benzene rings is 1. The van der Waals surface area contributed by atoms with E-state index in [4.69, 9.17) is 4.74 Å². The van der Waals surface area contributed by atoms with Crippen molar-refractivity contribution in [2.75, 3.05) is 65.3 Å². The first kappa shape index (κ1) is 24.1. The standard InChI is InChI=1S/C25H41N3O3S/c1-32(29,30)25-8-6-22(7-9-25)19-27-15-16-28-14-10-23(18-24(28)20-27)21-31-17-5-13-26-11-3-2-4-12-26/h6-9,23-24H,2-5,10-21H2,1H3/t23?,24-/m0/s1. The van der Waals surface area contributed by atoms with E-state index in [1.165, 1.54) is 70.1 Å². The van der Waals surface area contributed by atoms with Crippen LogP contribution in [0.15, 0.2) is 29.2 Å².